The SMILES string of the molecule is COC(OC)c1cc(-c2ccccc2)ccc1C(=O)O. The standard InChI is InChI=1S/C16H16O4/c1-19-16(20-2)14-10-12(8-9-13(14)15(17)18)11-6-4-3-5-7-11/h3-10,16H,1-2H3,(H,17,18). The molecule has 0 saturated heterocycles. The van der Waals surface area contributed by atoms with Crippen molar-refractivity contribution in [1.82, 2.24) is 0 Å². The van der Waals surface area contributed by atoms with Gasteiger partial charge in [0.25, 0.3) is 0 Å². The number of methoxy groups -OCH3 is 2. The summed E-state index contributed by atoms with van der Waals surface area (Å²) < 4.78 is 10.4. The molecule has 2 aromatic rings. The van der Waals surface area contributed by atoms with Gasteiger partial charge in [-0.1, -0.05) is 36.4 Å². The third-order valence-electron chi connectivity index (χ3n) is 3.07. The van der Waals surface area contributed by atoms with Crippen LogP contribution in [0.4, 0.5) is 0 Å². The fraction of sp³-hybridized carbons (Fsp3) is 0.188. The highest BCUT2D eigenvalue weighted by Crippen LogP contribution is 2.28. The topological polar surface area (TPSA) is 55.8 Å². The first-order valence-electron chi connectivity index (χ1n) is 6.15. The molecule has 0 bridgehead atoms. The highest BCUT2D eigenvalue weighted by atomic mass is 16.7. The Labute approximate surface area is 117 Å². The van der Waals surface area contributed by atoms with Crippen LogP contribution >= 0.6 is 0 Å². The molecule has 2 rings (SSSR count). The third-order valence-corrected chi connectivity index (χ3v) is 3.07. The lowest BCUT2D eigenvalue weighted by Crippen LogP contribution is -2.10. The molecular weight excluding hydrogens is 256 g/mol. The highest BCUT2D eigenvalue weighted by molar-refractivity contribution is 5.90. The number of hydrogen-bond acceptors (Lipinski definition) is 3. The van der Waals surface area contributed by atoms with E-state index in [1.165, 1.54) is 14.2 Å². The van der Waals surface area contributed by atoms with Crippen LogP contribution < -0.4 is 0 Å². The van der Waals surface area contributed by atoms with E-state index in [9.17, 15) is 9.90 Å². The van der Waals surface area contributed by atoms with Crippen molar-refractivity contribution in [1.29, 1.82) is 0 Å². The number of aromatic carboxylic acids is 1. The van der Waals surface area contributed by atoms with E-state index in [1.54, 1.807) is 18.2 Å². The van der Waals surface area contributed by atoms with Crippen molar-refractivity contribution >= 4 is 5.97 Å². The first-order chi connectivity index (χ1) is 9.67. The van der Waals surface area contributed by atoms with E-state index < -0.39 is 12.3 Å². The van der Waals surface area contributed by atoms with Crippen molar-refractivity contribution in [3.05, 3.63) is 59.7 Å². The molecule has 0 radical (unpaired) electrons. The summed E-state index contributed by atoms with van der Waals surface area (Å²) in [4.78, 5) is 11.3. The zero-order valence-corrected chi connectivity index (χ0v) is 11.4. The third kappa shape index (κ3) is 2.87. The van der Waals surface area contributed by atoms with Gasteiger partial charge in [-0.2, -0.15) is 0 Å². The molecule has 0 aliphatic carbocycles. The summed E-state index contributed by atoms with van der Waals surface area (Å²) in [5.41, 5.74) is 2.61. The van der Waals surface area contributed by atoms with Crippen molar-refractivity contribution in [3.8, 4) is 11.1 Å². The summed E-state index contributed by atoms with van der Waals surface area (Å²) in [6.45, 7) is 0. The van der Waals surface area contributed by atoms with E-state index in [4.69, 9.17) is 9.47 Å². The molecule has 2 aromatic carbocycles. The fourth-order valence-corrected chi connectivity index (χ4v) is 2.11. The van der Waals surface area contributed by atoms with Gasteiger partial charge in [0.1, 0.15) is 0 Å². The van der Waals surface area contributed by atoms with Crippen LogP contribution in [0.3, 0.4) is 0 Å². The molecule has 0 saturated carbocycles. The predicted octanol–water partition coefficient (Wildman–Crippen LogP) is 3.34. The van der Waals surface area contributed by atoms with Gasteiger partial charge in [0.2, 0.25) is 0 Å². The van der Waals surface area contributed by atoms with E-state index >= 15 is 0 Å². The van der Waals surface area contributed by atoms with Crippen LogP contribution in [0.2, 0.25) is 0 Å². The molecule has 0 aromatic heterocycles. The summed E-state index contributed by atoms with van der Waals surface area (Å²) >= 11 is 0. The zero-order chi connectivity index (χ0) is 14.5. The Morgan fingerprint density at radius 1 is 1.00 bits per heavy atom. The van der Waals surface area contributed by atoms with Crippen LogP contribution in [0.1, 0.15) is 22.2 Å². The molecule has 20 heavy (non-hydrogen) atoms. The molecule has 4 heteroatoms. The number of ether oxygens (including phenoxy) is 2. The van der Waals surface area contributed by atoms with E-state index in [-0.39, 0.29) is 5.56 Å². The molecule has 0 spiro atoms. The van der Waals surface area contributed by atoms with Crippen molar-refractivity contribution in [3.63, 3.8) is 0 Å². The minimum absolute atomic E-state index is 0.179. The fourth-order valence-electron chi connectivity index (χ4n) is 2.11. The van der Waals surface area contributed by atoms with Crippen molar-refractivity contribution < 1.29 is 19.4 Å². The molecule has 104 valence electrons. The smallest absolute Gasteiger partial charge is 0.336 e. The lowest BCUT2D eigenvalue weighted by atomic mass is 9.98. The van der Waals surface area contributed by atoms with Gasteiger partial charge in [0, 0.05) is 19.8 Å². The average Bonchev–Trinajstić information content (AvgIpc) is 2.49. The second-order valence-electron chi connectivity index (χ2n) is 4.28. The van der Waals surface area contributed by atoms with Crippen molar-refractivity contribution in [2.75, 3.05) is 14.2 Å². The van der Waals surface area contributed by atoms with Crippen LogP contribution in [0.5, 0.6) is 0 Å². The van der Waals surface area contributed by atoms with E-state index in [0.717, 1.165) is 11.1 Å². The van der Waals surface area contributed by atoms with Gasteiger partial charge in [-0.15, -0.1) is 0 Å². The van der Waals surface area contributed by atoms with Crippen LogP contribution in [0.15, 0.2) is 48.5 Å². The van der Waals surface area contributed by atoms with E-state index in [1.807, 2.05) is 30.3 Å². The predicted molar refractivity (Wildman–Crippen MR) is 75.6 cm³/mol. The summed E-state index contributed by atoms with van der Waals surface area (Å²) in [5.74, 6) is -1.00. The lowest BCUT2D eigenvalue weighted by Gasteiger charge is -2.17. The lowest BCUT2D eigenvalue weighted by molar-refractivity contribution is -0.106. The molecule has 0 aliphatic rings. The minimum atomic E-state index is -1.00. The normalized spacial score (nSPS) is 10.8. The van der Waals surface area contributed by atoms with Crippen LogP contribution in [-0.2, 0) is 9.47 Å². The van der Waals surface area contributed by atoms with Gasteiger partial charge in [-0.05, 0) is 23.3 Å². The Hall–Kier alpha value is -2.17. The number of carboxylic acid groups (broad SMARTS) is 1. The minimum Gasteiger partial charge on any atom is -0.478 e. The highest BCUT2D eigenvalue weighted by Gasteiger charge is 2.19. The Kier molecular flexibility index (Phi) is 4.50. The Balaban J connectivity index is 2.54. The van der Waals surface area contributed by atoms with Gasteiger partial charge in [0.05, 0.1) is 5.56 Å². The maximum absolute atomic E-state index is 11.3. The maximum atomic E-state index is 11.3. The number of benzene rings is 2. The maximum Gasteiger partial charge on any atom is 0.336 e. The molecule has 0 atom stereocenters. The number of rotatable bonds is 5. The van der Waals surface area contributed by atoms with Gasteiger partial charge in [-0.25, -0.2) is 4.79 Å². The van der Waals surface area contributed by atoms with Crippen LogP contribution in [-0.4, -0.2) is 25.3 Å². The summed E-state index contributed by atoms with van der Waals surface area (Å²) in [5, 5.41) is 9.26. The van der Waals surface area contributed by atoms with E-state index in [2.05, 4.69) is 0 Å². The monoisotopic (exact) mass is 272 g/mol. The molecule has 0 amide bonds. The van der Waals surface area contributed by atoms with Gasteiger partial charge in [-0.3, -0.25) is 0 Å². The van der Waals surface area contributed by atoms with Crippen LogP contribution in [0, 0.1) is 0 Å². The second kappa shape index (κ2) is 6.32. The molecule has 0 fully saturated rings. The molecule has 0 heterocycles. The van der Waals surface area contributed by atoms with E-state index in [0.29, 0.717) is 5.56 Å². The molecule has 4 nitrogen and oxygen atoms in total. The first kappa shape index (κ1) is 14.2. The van der Waals surface area contributed by atoms with Gasteiger partial charge < -0.3 is 14.6 Å². The van der Waals surface area contributed by atoms with Crippen molar-refractivity contribution in [2.24, 2.45) is 0 Å². The van der Waals surface area contributed by atoms with Gasteiger partial charge >= 0.3 is 5.97 Å². The molecule has 1 N–H and O–H groups in total. The second-order valence-corrected chi connectivity index (χ2v) is 4.28. The Morgan fingerprint density at radius 3 is 2.20 bits per heavy atom. The average molecular weight is 272 g/mol. The quantitative estimate of drug-likeness (QED) is 0.848. The number of hydrogen-bond donors (Lipinski definition) is 1. The molecule has 0 unspecified atom stereocenters. The molecule has 0 aliphatic heterocycles. The zero-order valence-electron chi connectivity index (χ0n) is 11.4. The Morgan fingerprint density at radius 2 is 1.65 bits per heavy atom. The molecular formula is C16H16O4. The number of carbonyl (C=O) groups is 1. The summed E-state index contributed by atoms with van der Waals surface area (Å²) in [6, 6.07) is 14.9. The Bertz CT molecular complexity index is 589. The van der Waals surface area contributed by atoms with Gasteiger partial charge in [0.15, 0.2) is 6.29 Å². The largest absolute Gasteiger partial charge is 0.478 e. The first-order valence-corrected chi connectivity index (χ1v) is 6.15. The number of carboxylic acids is 1. The van der Waals surface area contributed by atoms with Crippen LogP contribution in [0.25, 0.3) is 11.1 Å². The summed E-state index contributed by atoms with van der Waals surface area (Å²) in [6.07, 6.45) is -0.704. The van der Waals surface area contributed by atoms with Crippen molar-refractivity contribution in [2.45, 2.75) is 6.29 Å². The summed E-state index contributed by atoms with van der Waals surface area (Å²) in [7, 11) is 2.96.